The lowest BCUT2D eigenvalue weighted by Gasteiger charge is -2.43. The third-order valence-corrected chi connectivity index (χ3v) is 3.83. The Morgan fingerprint density at radius 1 is 1.29 bits per heavy atom. The zero-order chi connectivity index (χ0) is 15.4. The van der Waals surface area contributed by atoms with E-state index in [1.54, 1.807) is 4.90 Å². The monoisotopic (exact) mass is 302 g/mol. The molecule has 1 fully saturated rings. The van der Waals surface area contributed by atoms with Gasteiger partial charge in [-0.1, -0.05) is 6.07 Å². The summed E-state index contributed by atoms with van der Waals surface area (Å²) in [6.45, 7) is 1.93. The number of fused-ring (bicyclic) bond motifs is 1. The maximum Gasteiger partial charge on any atom is 0.416 e. The minimum Gasteiger partial charge on any atom is -0.321 e. The second-order valence-electron chi connectivity index (χ2n) is 5.87. The zero-order valence-electron chi connectivity index (χ0n) is 11.4. The van der Waals surface area contributed by atoms with Crippen LogP contribution in [-0.2, 0) is 12.7 Å². The van der Waals surface area contributed by atoms with Crippen molar-refractivity contribution in [2.75, 3.05) is 19.8 Å². The summed E-state index contributed by atoms with van der Waals surface area (Å²) in [6.07, 6.45) is -4.48. The van der Waals surface area contributed by atoms with Crippen molar-refractivity contribution in [2.45, 2.75) is 25.3 Å². The first-order valence-corrected chi connectivity index (χ1v) is 6.57. The lowest BCUT2D eigenvalue weighted by atomic mass is 10.0. The topological polar surface area (TPSA) is 23.6 Å². The first-order chi connectivity index (χ1) is 9.67. The van der Waals surface area contributed by atoms with Crippen LogP contribution in [0.5, 0.6) is 0 Å². The molecule has 1 amide bonds. The van der Waals surface area contributed by atoms with Gasteiger partial charge in [0.25, 0.3) is 5.91 Å². The van der Waals surface area contributed by atoms with Crippen molar-refractivity contribution >= 4 is 5.91 Å². The maximum absolute atomic E-state index is 13.4. The molecule has 0 saturated carbocycles. The first kappa shape index (κ1) is 14.3. The zero-order valence-corrected chi connectivity index (χ0v) is 11.4. The number of alkyl halides is 4. The van der Waals surface area contributed by atoms with Crippen LogP contribution in [0.15, 0.2) is 18.2 Å². The number of hydrogen-bond acceptors (Lipinski definition) is 2. The fourth-order valence-corrected chi connectivity index (χ4v) is 3.00. The second kappa shape index (κ2) is 4.43. The number of benzene rings is 1. The van der Waals surface area contributed by atoms with Crippen LogP contribution in [0.2, 0.25) is 0 Å². The molecule has 3 nitrogen and oxygen atoms in total. The van der Waals surface area contributed by atoms with Crippen LogP contribution in [0, 0.1) is 0 Å². The number of carbonyl (C=O) groups excluding carboxylic acids is 1. The van der Waals surface area contributed by atoms with Crippen molar-refractivity contribution in [3.8, 4) is 0 Å². The molecule has 1 aromatic carbocycles. The molecule has 7 heteroatoms. The van der Waals surface area contributed by atoms with Crippen LogP contribution >= 0.6 is 0 Å². The number of likely N-dealkylation sites (tertiary alicyclic amines) is 1. The molecule has 0 radical (unpaired) electrons. The summed E-state index contributed by atoms with van der Waals surface area (Å²) in [6, 6.07) is 3.63. The van der Waals surface area contributed by atoms with Crippen LogP contribution in [0.4, 0.5) is 17.6 Å². The van der Waals surface area contributed by atoms with Gasteiger partial charge >= 0.3 is 6.18 Å². The predicted molar refractivity (Wildman–Crippen MR) is 67.3 cm³/mol. The van der Waals surface area contributed by atoms with E-state index in [0.717, 1.165) is 6.07 Å². The molecular formula is C14H14F4N2O. The number of nitrogens with zero attached hydrogens (tertiary/aromatic N) is 2. The van der Waals surface area contributed by atoms with Gasteiger partial charge in [0.1, 0.15) is 5.67 Å². The largest absolute Gasteiger partial charge is 0.416 e. The van der Waals surface area contributed by atoms with Crippen molar-refractivity contribution in [2.24, 2.45) is 0 Å². The average Bonchev–Trinajstić information content (AvgIpc) is 2.63. The molecule has 0 spiro atoms. The molecule has 2 heterocycles. The summed E-state index contributed by atoms with van der Waals surface area (Å²) >= 11 is 0. The number of halogens is 4. The van der Waals surface area contributed by atoms with Gasteiger partial charge in [-0.25, -0.2) is 4.39 Å². The molecule has 0 aromatic heterocycles. The normalized spacial score (nSPS) is 21.4. The van der Waals surface area contributed by atoms with Crippen LogP contribution in [0.3, 0.4) is 0 Å². The van der Waals surface area contributed by atoms with Crippen molar-refractivity contribution in [1.29, 1.82) is 0 Å². The van der Waals surface area contributed by atoms with Crippen LogP contribution in [0.25, 0.3) is 0 Å². The molecule has 1 saturated heterocycles. The Balaban J connectivity index is 1.79. The fourth-order valence-electron chi connectivity index (χ4n) is 3.00. The summed E-state index contributed by atoms with van der Waals surface area (Å²) in [5.41, 5.74) is -1.94. The van der Waals surface area contributed by atoms with E-state index in [1.807, 2.05) is 0 Å². The van der Waals surface area contributed by atoms with Gasteiger partial charge in [0, 0.05) is 25.2 Å². The van der Waals surface area contributed by atoms with E-state index in [2.05, 4.69) is 0 Å². The fraction of sp³-hybridized carbons (Fsp3) is 0.500. The van der Waals surface area contributed by atoms with Gasteiger partial charge < -0.3 is 4.90 Å². The first-order valence-electron chi connectivity index (χ1n) is 6.57. The van der Waals surface area contributed by atoms with E-state index in [4.69, 9.17) is 0 Å². The number of hydrogen-bond donors (Lipinski definition) is 0. The van der Waals surface area contributed by atoms with Crippen molar-refractivity contribution in [3.63, 3.8) is 0 Å². The molecule has 0 unspecified atom stereocenters. The van der Waals surface area contributed by atoms with Gasteiger partial charge in [0.2, 0.25) is 0 Å². The number of rotatable bonds is 2. The van der Waals surface area contributed by atoms with Crippen molar-refractivity contribution < 1.29 is 22.4 Å². The van der Waals surface area contributed by atoms with Gasteiger partial charge in [-0.05, 0) is 24.6 Å². The molecule has 114 valence electrons. The summed E-state index contributed by atoms with van der Waals surface area (Å²) in [5, 5.41) is 0. The number of carbonyl (C=O) groups is 1. The summed E-state index contributed by atoms with van der Waals surface area (Å²) in [7, 11) is 0. The minimum atomic E-state index is -4.48. The standard InChI is InChI=1S/C14H14F4N2O/c1-13(15)6-19(7-13)8-20-5-10-9(12(20)21)3-2-4-11(10)14(16,17)18/h2-4H,5-8H2,1H3. The van der Waals surface area contributed by atoms with Gasteiger partial charge in [-0.2, -0.15) is 13.2 Å². The average molecular weight is 302 g/mol. The number of amides is 1. The maximum atomic E-state index is 13.4. The Morgan fingerprint density at radius 2 is 1.95 bits per heavy atom. The Hall–Kier alpha value is -1.63. The molecule has 3 rings (SSSR count). The van der Waals surface area contributed by atoms with Gasteiger partial charge in [0.05, 0.1) is 12.2 Å². The predicted octanol–water partition coefficient (Wildman–Crippen LogP) is 2.66. The summed E-state index contributed by atoms with van der Waals surface area (Å²) in [5.74, 6) is -0.427. The highest BCUT2D eigenvalue weighted by molar-refractivity contribution is 5.98. The van der Waals surface area contributed by atoms with Crippen LogP contribution in [-0.4, -0.2) is 41.1 Å². The lowest BCUT2D eigenvalue weighted by Crippen LogP contribution is -2.59. The molecule has 0 aliphatic carbocycles. The summed E-state index contributed by atoms with van der Waals surface area (Å²) < 4.78 is 52.3. The smallest absolute Gasteiger partial charge is 0.321 e. The quantitative estimate of drug-likeness (QED) is 0.784. The summed E-state index contributed by atoms with van der Waals surface area (Å²) in [4.78, 5) is 15.2. The van der Waals surface area contributed by atoms with Gasteiger partial charge in [-0.3, -0.25) is 9.69 Å². The highest BCUT2D eigenvalue weighted by atomic mass is 19.4. The van der Waals surface area contributed by atoms with E-state index in [1.165, 1.54) is 24.0 Å². The molecule has 1 aromatic rings. The highest BCUT2D eigenvalue weighted by Crippen LogP contribution is 2.37. The molecule has 21 heavy (non-hydrogen) atoms. The van der Waals surface area contributed by atoms with E-state index < -0.39 is 23.3 Å². The highest BCUT2D eigenvalue weighted by Gasteiger charge is 2.43. The Bertz CT molecular complexity index is 589. The molecule has 2 aliphatic heterocycles. The van der Waals surface area contributed by atoms with E-state index >= 15 is 0 Å². The molecule has 0 bridgehead atoms. The molecule has 2 aliphatic rings. The van der Waals surface area contributed by atoms with E-state index in [9.17, 15) is 22.4 Å². The Kier molecular flexibility index (Phi) is 3.02. The Labute approximate surface area is 119 Å². The SMILES string of the molecule is CC1(F)CN(CN2Cc3c(cccc3C(F)(F)F)C2=O)C1. The van der Waals surface area contributed by atoms with E-state index in [-0.39, 0.29) is 37.4 Å². The minimum absolute atomic E-state index is 0.0125. The van der Waals surface area contributed by atoms with Crippen molar-refractivity contribution in [1.82, 2.24) is 9.80 Å². The van der Waals surface area contributed by atoms with Gasteiger partial charge in [-0.15, -0.1) is 0 Å². The van der Waals surface area contributed by atoms with Crippen molar-refractivity contribution in [3.05, 3.63) is 34.9 Å². The molecular weight excluding hydrogens is 288 g/mol. The second-order valence-corrected chi connectivity index (χ2v) is 5.87. The third-order valence-electron chi connectivity index (χ3n) is 3.83. The van der Waals surface area contributed by atoms with E-state index in [0.29, 0.717) is 0 Å². The van der Waals surface area contributed by atoms with Crippen LogP contribution < -0.4 is 0 Å². The third kappa shape index (κ3) is 2.50. The lowest BCUT2D eigenvalue weighted by molar-refractivity contribution is -0.138. The van der Waals surface area contributed by atoms with Gasteiger partial charge in [0.15, 0.2) is 0 Å². The van der Waals surface area contributed by atoms with Crippen LogP contribution in [0.1, 0.15) is 28.4 Å². The Morgan fingerprint density at radius 3 is 2.52 bits per heavy atom. The molecule has 0 N–H and O–H groups in total. The molecule has 0 atom stereocenters.